The van der Waals surface area contributed by atoms with Crippen LogP contribution in [0.15, 0.2) is 34.9 Å². The number of amides is 2. The number of carbonyl (C=O) groups is 2. The maximum atomic E-state index is 12.4. The Bertz CT molecular complexity index is 770. The number of benzene rings is 1. The van der Waals surface area contributed by atoms with Crippen molar-refractivity contribution in [2.45, 2.75) is 38.3 Å². The number of carbonyl (C=O) groups excluding carboxylic acids is 2. The third-order valence-corrected chi connectivity index (χ3v) is 4.71. The quantitative estimate of drug-likeness (QED) is 0.896. The minimum Gasteiger partial charge on any atom is -0.348 e. The second kappa shape index (κ2) is 6.66. The van der Waals surface area contributed by atoms with Gasteiger partial charge in [0.05, 0.1) is 12.5 Å². The van der Waals surface area contributed by atoms with Gasteiger partial charge in [0, 0.05) is 24.6 Å². The molecule has 1 aromatic carbocycles. The van der Waals surface area contributed by atoms with Gasteiger partial charge in [-0.2, -0.15) is 4.98 Å². The fraction of sp³-hybridized carbons (Fsp3) is 0.444. The van der Waals surface area contributed by atoms with Gasteiger partial charge in [0.15, 0.2) is 5.82 Å². The molecule has 1 aliphatic heterocycles. The largest absolute Gasteiger partial charge is 0.348 e. The molecule has 2 amide bonds. The van der Waals surface area contributed by atoms with E-state index in [2.05, 4.69) is 15.5 Å². The highest BCUT2D eigenvalue weighted by atomic mass is 16.5. The minimum absolute atomic E-state index is 0.0517. The molecule has 1 N–H and O–H groups in total. The topological polar surface area (TPSA) is 88.3 Å². The van der Waals surface area contributed by atoms with Crippen LogP contribution in [-0.4, -0.2) is 39.4 Å². The summed E-state index contributed by atoms with van der Waals surface area (Å²) in [6.45, 7) is 0.750. The van der Waals surface area contributed by atoms with Crippen molar-refractivity contribution in [1.29, 1.82) is 0 Å². The van der Waals surface area contributed by atoms with E-state index in [1.807, 2.05) is 35.2 Å². The summed E-state index contributed by atoms with van der Waals surface area (Å²) < 4.78 is 5.23. The van der Waals surface area contributed by atoms with Gasteiger partial charge in [-0.15, -0.1) is 0 Å². The molecule has 1 saturated heterocycles. The number of nitrogens with one attached hydrogen (secondary N) is 1. The smallest absolute Gasteiger partial charge is 0.257 e. The summed E-state index contributed by atoms with van der Waals surface area (Å²) in [7, 11) is 0. The first-order valence-electron chi connectivity index (χ1n) is 8.66. The highest BCUT2D eigenvalue weighted by Gasteiger charge is 2.38. The highest BCUT2D eigenvalue weighted by Crippen LogP contribution is 2.31. The first-order valence-corrected chi connectivity index (χ1v) is 8.66. The molecule has 2 heterocycles. The van der Waals surface area contributed by atoms with Crippen LogP contribution in [0.25, 0.3) is 11.5 Å². The van der Waals surface area contributed by atoms with Crippen molar-refractivity contribution in [3.8, 4) is 11.5 Å². The van der Waals surface area contributed by atoms with E-state index in [1.54, 1.807) is 0 Å². The summed E-state index contributed by atoms with van der Waals surface area (Å²) >= 11 is 0. The second-order valence-electron chi connectivity index (χ2n) is 6.61. The van der Waals surface area contributed by atoms with Crippen molar-refractivity contribution >= 4 is 11.8 Å². The molecule has 0 bridgehead atoms. The molecule has 4 rings (SSSR count). The molecular formula is C18H20N4O3. The Morgan fingerprint density at radius 1 is 1.24 bits per heavy atom. The lowest BCUT2D eigenvalue weighted by Crippen LogP contribution is -2.46. The molecule has 2 fully saturated rings. The minimum atomic E-state index is -0.154. The van der Waals surface area contributed by atoms with Crippen LogP contribution in [0.2, 0.25) is 0 Å². The number of piperidine rings is 1. The summed E-state index contributed by atoms with van der Waals surface area (Å²) in [4.78, 5) is 30.5. The van der Waals surface area contributed by atoms with Crippen molar-refractivity contribution < 1.29 is 14.1 Å². The third kappa shape index (κ3) is 3.55. The lowest BCUT2D eigenvalue weighted by molar-refractivity contribution is -0.138. The van der Waals surface area contributed by atoms with E-state index in [4.69, 9.17) is 4.52 Å². The molecule has 0 radical (unpaired) electrons. The van der Waals surface area contributed by atoms with Gasteiger partial charge in [-0.05, 0) is 31.4 Å². The Morgan fingerprint density at radius 3 is 2.80 bits per heavy atom. The number of rotatable bonds is 5. The fourth-order valence-corrected chi connectivity index (χ4v) is 3.16. The van der Waals surface area contributed by atoms with Crippen LogP contribution in [-0.2, 0) is 16.1 Å². The van der Waals surface area contributed by atoms with E-state index in [0.717, 1.165) is 18.4 Å². The predicted octanol–water partition coefficient (Wildman–Crippen LogP) is 1.75. The van der Waals surface area contributed by atoms with Gasteiger partial charge < -0.3 is 14.7 Å². The maximum absolute atomic E-state index is 12.4. The zero-order valence-corrected chi connectivity index (χ0v) is 13.9. The van der Waals surface area contributed by atoms with Gasteiger partial charge >= 0.3 is 0 Å². The van der Waals surface area contributed by atoms with Crippen molar-refractivity contribution in [2.75, 3.05) is 6.54 Å². The number of likely N-dealkylation sites (tertiary alicyclic amines) is 1. The first-order chi connectivity index (χ1) is 12.2. The predicted molar refractivity (Wildman–Crippen MR) is 89.0 cm³/mol. The van der Waals surface area contributed by atoms with E-state index in [1.165, 1.54) is 0 Å². The molecule has 1 aliphatic carbocycles. The fourth-order valence-electron chi connectivity index (χ4n) is 3.16. The van der Waals surface area contributed by atoms with E-state index in [9.17, 15) is 9.59 Å². The average molecular weight is 340 g/mol. The van der Waals surface area contributed by atoms with Crippen LogP contribution in [0.5, 0.6) is 0 Å². The Hall–Kier alpha value is -2.70. The highest BCUT2D eigenvalue weighted by molar-refractivity contribution is 5.84. The van der Waals surface area contributed by atoms with Crippen molar-refractivity contribution in [1.82, 2.24) is 20.4 Å². The van der Waals surface area contributed by atoms with Gasteiger partial charge in [-0.3, -0.25) is 9.59 Å². The van der Waals surface area contributed by atoms with Crippen molar-refractivity contribution in [2.24, 2.45) is 5.92 Å². The molecule has 1 atom stereocenters. The molecule has 2 aliphatic rings. The molecule has 130 valence electrons. The van der Waals surface area contributed by atoms with Gasteiger partial charge in [0.25, 0.3) is 5.89 Å². The van der Waals surface area contributed by atoms with Crippen molar-refractivity contribution in [3.05, 3.63) is 36.2 Å². The Labute approximate surface area is 145 Å². The Balaban J connectivity index is 1.33. The molecule has 2 aromatic rings. The summed E-state index contributed by atoms with van der Waals surface area (Å²) in [6.07, 6.45) is 3.18. The van der Waals surface area contributed by atoms with Gasteiger partial charge in [-0.25, -0.2) is 0 Å². The molecule has 25 heavy (non-hydrogen) atoms. The first kappa shape index (κ1) is 15.8. The van der Waals surface area contributed by atoms with Crippen LogP contribution in [0.1, 0.15) is 31.5 Å². The van der Waals surface area contributed by atoms with Gasteiger partial charge in [0.1, 0.15) is 0 Å². The summed E-state index contributed by atoms with van der Waals surface area (Å²) in [5.74, 6) is 0.853. The lowest BCUT2D eigenvalue weighted by Gasteiger charge is -2.31. The summed E-state index contributed by atoms with van der Waals surface area (Å²) in [5.41, 5.74) is 0.846. The third-order valence-electron chi connectivity index (χ3n) is 4.71. The van der Waals surface area contributed by atoms with Crippen LogP contribution < -0.4 is 5.32 Å². The molecule has 7 heteroatoms. The maximum Gasteiger partial charge on any atom is 0.257 e. The zero-order valence-electron chi connectivity index (χ0n) is 13.9. The molecule has 1 saturated carbocycles. The van der Waals surface area contributed by atoms with E-state index in [-0.39, 0.29) is 24.3 Å². The van der Waals surface area contributed by atoms with E-state index >= 15 is 0 Å². The normalized spacial score (nSPS) is 20.6. The zero-order chi connectivity index (χ0) is 17.2. The van der Waals surface area contributed by atoms with E-state index < -0.39 is 0 Å². The Kier molecular flexibility index (Phi) is 4.21. The summed E-state index contributed by atoms with van der Waals surface area (Å²) in [6, 6.07) is 9.85. The standard InChI is InChI=1S/C18H20N4O3/c23-16-9-6-13(11-22(16)14-7-8-14)17(24)19-10-15-20-18(25-21-15)12-4-2-1-3-5-12/h1-5,13-14H,6-11H2,(H,19,24)/t13-/m0/s1. The number of nitrogens with zero attached hydrogens (tertiary/aromatic N) is 3. The molecular weight excluding hydrogens is 320 g/mol. The second-order valence-corrected chi connectivity index (χ2v) is 6.61. The van der Waals surface area contributed by atoms with Crippen molar-refractivity contribution in [3.63, 3.8) is 0 Å². The average Bonchev–Trinajstić information content (AvgIpc) is 3.38. The van der Waals surface area contributed by atoms with Crippen LogP contribution >= 0.6 is 0 Å². The van der Waals surface area contributed by atoms with Gasteiger partial charge in [0.2, 0.25) is 11.8 Å². The molecule has 1 aromatic heterocycles. The SMILES string of the molecule is O=C(NCc1noc(-c2ccccc2)n1)[C@H]1CCC(=O)N(C2CC2)C1. The van der Waals surface area contributed by atoms with Gasteiger partial charge in [-0.1, -0.05) is 23.4 Å². The molecule has 0 spiro atoms. The monoisotopic (exact) mass is 340 g/mol. The van der Waals surface area contributed by atoms with Crippen LogP contribution in [0, 0.1) is 5.92 Å². The molecule has 0 unspecified atom stereocenters. The number of hydrogen-bond donors (Lipinski definition) is 1. The van der Waals surface area contributed by atoms with Crippen LogP contribution in [0.4, 0.5) is 0 Å². The Morgan fingerprint density at radius 2 is 2.04 bits per heavy atom. The number of hydrogen-bond acceptors (Lipinski definition) is 5. The van der Waals surface area contributed by atoms with Crippen LogP contribution in [0.3, 0.4) is 0 Å². The van der Waals surface area contributed by atoms with E-state index in [0.29, 0.717) is 37.1 Å². The summed E-state index contributed by atoms with van der Waals surface area (Å²) in [5, 5.41) is 6.78. The lowest BCUT2D eigenvalue weighted by atomic mass is 9.96. The molecule has 7 nitrogen and oxygen atoms in total. The number of aromatic nitrogens is 2.